The molecule has 1 aliphatic heterocycles. The van der Waals surface area contributed by atoms with Crippen molar-refractivity contribution in [2.45, 2.75) is 45.6 Å². The van der Waals surface area contributed by atoms with Crippen molar-refractivity contribution in [2.75, 3.05) is 11.4 Å². The second kappa shape index (κ2) is 5.24. The first-order valence-corrected chi connectivity index (χ1v) is 6.98. The molecule has 1 aromatic carbocycles. The van der Waals surface area contributed by atoms with Gasteiger partial charge in [0.1, 0.15) is 0 Å². The fraction of sp³-hybridized carbons (Fsp3) is 0.562. The first-order chi connectivity index (χ1) is 8.93. The largest absolute Gasteiger partial charge is 0.481 e. The quantitative estimate of drug-likeness (QED) is 0.905. The predicted octanol–water partition coefficient (Wildman–Crippen LogP) is 3.46. The normalized spacial score (nSPS) is 22.3. The van der Waals surface area contributed by atoms with Crippen LogP contribution in [0.25, 0.3) is 0 Å². The maximum Gasteiger partial charge on any atom is 0.303 e. The van der Waals surface area contributed by atoms with Crippen molar-refractivity contribution in [3.63, 3.8) is 0 Å². The maximum absolute atomic E-state index is 11.0. The molecule has 104 valence electrons. The van der Waals surface area contributed by atoms with Gasteiger partial charge in [0, 0.05) is 17.8 Å². The Bertz CT molecular complexity index is 468. The number of hydrogen-bond acceptors (Lipinski definition) is 2. The van der Waals surface area contributed by atoms with Crippen molar-refractivity contribution in [2.24, 2.45) is 5.92 Å². The molecule has 0 aliphatic carbocycles. The Kier molecular flexibility index (Phi) is 3.83. The van der Waals surface area contributed by atoms with E-state index in [1.54, 1.807) is 0 Å². The van der Waals surface area contributed by atoms with Gasteiger partial charge in [-0.3, -0.25) is 4.79 Å². The highest BCUT2D eigenvalue weighted by atomic mass is 16.4. The lowest BCUT2D eigenvalue weighted by Gasteiger charge is -2.49. The Morgan fingerprint density at radius 3 is 2.74 bits per heavy atom. The molecule has 0 spiro atoms. The fourth-order valence-corrected chi connectivity index (χ4v) is 3.22. The number of carboxylic acids is 1. The van der Waals surface area contributed by atoms with Crippen LogP contribution in [0.5, 0.6) is 0 Å². The SMILES string of the molecule is Cc1ccccc1N1CCCC(CC(=O)O)C1(C)C. The van der Waals surface area contributed by atoms with Crippen molar-refractivity contribution in [1.82, 2.24) is 0 Å². The van der Waals surface area contributed by atoms with Gasteiger partial charge in [0.05, 0.1) is 6.42 Å². The number of rotatable bonds is 3. The van der Waals surface area contributed by atoms with E-state index in [-0.39, 0.29) is 17.9 Å². The van der Waals surface area contributed by atoms with Crippen LogP contribution in [0, 0.1) is 12.8 Å². The first-order valence-electron chi connectivity index (χ1n) is 6.98. The van der Waals surface area contributed by atoms with E-state index in [9.17, 15) is 4.79 Å². The van der Waals surface area contributed by atoms with Crippen molar-refractivity contribution in [3.8, 4) is 0 Å². The number of nitrogens with zero attached hydrogens (tertiary/aromatic N) is 1. The minimum atomic E-state index is -0.690. The number of benzene rings is 1. The minimum absolute atomic E-state index is 0.108. The summed E-state index contributed by atoms with van der Waals surface area (Å²) >= 11 is 0. The summed E-state index contributed by atoms with van der Waals surface area (Å²) in [5, 5.41) is 9.09. The highest BCUT2D eigenvalue weighted by Gasteiger charge is 2.39. The van der Waals surface area contributed by atoms with Crippen molar-refractivity contribution in [1.29, 1.82) is 0 Å². The number of aliphatic carboxylic acids is 1. The van der Waals surface area contributed by atoms with E-state index >= 15 is 0 Å². The van der Waals surface area contributed by atoms with Gasteiger partial charge < -0.3 is 10.0 Å². The van der Waals surface area contributed by atoms with Gasteiger partial charge >= 0.3 is 5.97 Å². The Balaban J connectivity index is 2.30. The number of carbonyl (C=O) groups is 1. The number of anilines is 1. The van der Waals surface area contributed by atoms with E-state index in [4.69, 9.17) is 5.11 Å². The van der Waals surface area contributed by atoms with Gasteiger partial charge in [0.15, 0.2) is 0 Å². The highest BCUT2D eigenvalue weighted by Crippen LogP contribution is 2.39. The molecule has 1 aromatic rings. The monoisotopic (exact) mass is 261 g/mol. The molecule has 0 radical (unpaired) electrons. The van der Waals surface area contributed by atoms with Crippen LogP contribution >= 0.6 is 0 Å². The molecule has 1 unspecified atom stereocenters. The fourth-order valence-electron chi connectivity index (χ4n) is 3.22. The van der Waals surface area contributed by atoms with Gasteiger partial charge in [0.25, 0.3) is 0 Å². The van der Waals surface area contributed by atoms with E-state index in [1.165, 1.54) is 11.3 Å². The van der Waals surface area contributed by atoms with Gasteiger partial charge in [0.2, 0.25) is 0 Å². The third kappa shape index (κ3) is 2.75. The molecule has 19 heavy (non-hydrogen) atoms. The number of carboxylic acid groups (broad SMARTS) is 1. The average molecular weight is 261 g/mol. The number of aryl methyl sites for hydroxylation is 1. The second-order valence-electron chi connectivity index (χ2n) is 6.03. The van der Waals surface area contributed by atoms with E-state index in [0.717, 1.165) is 19.4 Å². The zero-order valence-corrected chi connectivity index (χ0v) is 12.0. The van der Waals surface area contributed by atoms with Crippen LogP contribution in [0.2, 0.25) is 0 Å². The molecule has 0 amide bonds. The summed E-state index contributed by atoms with van der Waals surface area (Å²) in [6.07, 6.45) is 2.33. The summed E-state index contributed by atoms with van der Waals surface area (Å²) in [7, 11) is 0. The summed E-state index contributed by atoms with van der Waals surface area (Å²) in [6, 6.07) is 8.36. The Morgan fingerprint density at radius 2 is 2.11 bits per heavy atom. The van der Waals surface area contributed by atoms with Crippen molar-refractivity contribution >= 4 is 11.7 Å². The number of piperidine rings is 1. The van der Waals surface area contributed by atoms with Crippen LogP contribution in [0.3, 0.4) is 0 Å². The Hall–Kier alpha value is -1.51. The topological polar surface area (TPSA) is 40.5 Å². The lowest BCUT2D eigenvalue weighted by molar-refractivity contribution is -0.138. The summed E-state index contributed by atoms with van der Waals surface area (Å²) in [5.74, 6) is -0.483. The highest BCUT2D eigenvalue weighted by molar-refractivity contribution is 5.67. The van der Waals surface area contributed by atoms with Crippen molar-refractivity contribution < 1.29 is 9.90 Å². The molecule has 0 bridgehead atoms. The molecule has 3 nitrogen and oxygen atoms in total. The molecule has 1 N–H and O–H groups in total. The lowest BCUT2D eigenvalue weighted by Crippen LogP contribution is -2.54. The predicted molar refractivity (Wildman–Crippen MR) is 77.6 cm³/mol. The van der Waals surface area contributed by atoms with E-state index in [2.05, 4.69) is 43.9 Å². The van der Waals surface area contributed by atoms with Gasteiger partial charge in [-0.05, 0) is 51.2 Å². The van der Waals surface area contributed by atoms with Crippen LogP contribution < -0.4 is 4.90 Å². The molecule has 1 saturated heterocycles. The second-order valence-corrected chi connectivity index (χ2v) is 6.03. The first kappa shape index (κ1) is 13.9. The van der Waals surface area contributed by atoms with Crippen molar-refractivity contribution in [3.05, 3.63) is 29.8 Å². The summed E-state index contributed by atoms with van der Waals surface area (Å²) in [5.41, 5.74) is 2.39. The third-order valence-electron chi connectivity index (χ3n) is 4.46. The molecule has 0 aromatic heterocycles. The van der Waals surface area contributed by atoms with Crippen LogP contribution in [0.1, 0.15) is 38.7 Å². The van der Waals surface area contributed by atoms with E-state index in [0.29, 0.717) is 0 Å². The third-order valence-corrected chi connectivity index (χ3v) is 4.46. The zero-order chi connectivity index (χ0) is 14.0. The van der Waals surface area contributed by atoms with Crippen LogP contribution in [0.4, 0.5) is 5.69 Å². The van der Waals surface area contributed by atoms with Gasteiger partial charge in [-0.1, -0.05) is 18.2 Å². The van der Waals surface area contributed by atoms with Gasteiger partial charge in [-0.25, -0.2) is 0 Å². The maximum atomic E-state index is 11.0. The average Bonchev–Trinajstić information content (AvgIpc) is 2.32. The van der Waals surface area contributed by atoms with Crippen LogP contribution in [-0.4, -0.2) is 23.2 Å². The number of para-hydroxylation sites is 1. The van der Waals surface area contributed by atoms with Gasteiger partial charge in [-0.15, -0.1) is 0 Å². The molecule has 3 heteroatoms. The molecule has 1 atom stereocenters. The molecule has 0 saturated carbocycles. The summed E-state index contributed by atoms with van der Waals surface area (Å²) < 4.78 is 0. The number of hydrogen-bond donors (Lipinski definition) is 1. The molecular formula is C16H23NO2. The van der Waals surface area contributed by atoms with E-state index < -0.39 is 5.97 Å². The zero-order valence-electron chi connectivity index (χ0n) is 12.0. The Morgan fingerprint density at radius 1 is 1.42 bits per heavy atom. The molecule has 1 fully saturated rings. The Labute approximate surface area is 115 Å². The van der Waals surface area contributed by atoms with Gasteiger partial charge in [-0.2, -0.15) is 0 Å². The van der Waals surface area contributed by atoms with Crippen LogP contribution in [0.15, 0.2) is 24.3 Å². The standard InChI is InChI=1S/C16H23NO2/c1-12-7-4-5-9-14(12)17-10-6-8-13(11-15(18)19)16(17,2)3/h4-5,7,9,13H,6,8,10-11H2,1-3H3,(H,18,19). The van der Waals surface area contributed by atoms with E-state index in [1.807, 2.05) is 6.07 Å². The summed E-state index contributed by atoms with van der Waals surface area (Å²) in [6.45, 7) is 7.47. The minimum Gasteiger partial charge on any atom is -0.481 e. The lowest BCUT2D eigenvalue weighted by atomic mass is 9.76. The smallest absolute Gasteiger partial charge is 0.303 e. The molecule has 2 rings (SSSR count). The molecule has 1 heterocycles. The van der Waals surface area contributed by atoms with Crippen LogP contribution in [-0.2, 0) is 4.79 Å². The molecular weight excluding hydrogens is 238 g/mol. The molecule has 1 aliphatic rings. The summed E-state index contributed by atoms with van der Waals surface area (Å²) in [4.78, 5) is 13.4.